The normalized spacial score (nSPS) is 13.3. The summed E-state index contributed by atoms with van der Waals surface area (Å²) in [6.07, 6.45) is 6.37. The largest absolute Gasteiger partial charge is 0.355 e. The standard InChI is InChI=1S/C16H36N6O2/c17-9-3-1-7-13(19)15(23)21-11-5-6-12-22-16(24)14(20)8-2-4-10-18/h13-14H,1-12,17-20H2,(H,21,23)(H,22,24)/t13-,14-/m0/s1. The Hall–Kier alpha value is -1.22. The number of carbonyl (C=O) groups is 2. The van der Waals surface area contributed by atoms with Gasteiger partial charge >= 0.3 is 0 Å². The highest BCUT2D eigenvalue weighted by Gasteiger charge is 2.13. The molecule has 8 heteroatoms. The Bertz CT molecular complexity index is 309. The van der Waals surface area contributed by atoms with E-state index in [1.807, 2.05) is 0 Å². The zero-order valence-corrected chi connectivity index (χ0v) is 14.8. The predicted octanol–water partition coefficient (Wildman–Crippen LogP) is -1.09. The van der Waals surface area contributed by atoms with Gasteiger partial charge in [-0.2, -0.15) is 0 Å². The van der Waals surface area contributed by atoms with Crippen molar-refractivity contribution < 1.29 is 9.59 Å². The zero-order valence-electron chi connectivity index (χ0n) is 14.8. The van der Waals surface area contributed by atoms with Crippen LogP contribution in [0.3, 0.4) is 0 Å². The van der Waals surface area contributed by atoms with Crippen molar-refractivity contribution in [1.29, 1.82) is 0 Å². The first-order valence-electron chi connectivity index (χ1n) is 8.99. The first-order chi connectivity index (χ1) is 11.5. The molecule has 0 saturated heterocycles. The number of carbonyl (C=O) groups excluding carboxylic acids is 2. The van der Waals surface area contributed by atoms with E-state index in [0.717, 1.165) is 38.5 Å². The molecule has 0 radical (unpaired) electrons. The van der Waals surface area contributed by atoms with Gasteiger partial charge in [0.1, 0.15) is 0 Å². The molecular weight excluding hydrogens is 308 g/mol. The zero-order chi connectivity index (χ0) is 18.2. The van der Waals surface area contributed by atoms with Crippen LogP contribution < -0.4 is 33.6 Å². The number of hydrogen-bond acceptors (Lipinski definition) is 6. The van der Waals surface area contributed by atoms with Crippen molar-refractivity contribution in [2.45, 2.75) is 63.5 Å². The van der Waals surface area contributed by atoms with Crippen LogP contribution in [0.4, 0.5) is 0 Å². The maximum absolute atomic E-state index is 11.7. The van der Waals surface area contributed by atoms with Crippen molar-refractivity contribution in [2.24, 2.45) is 22.9 Å². The molecule has 2 amide bonds. The van der Waals surface area contributed by atoms with Gasteiger partial charge in [-0.1, -0.05) is 12.8 Å². The van der Waals surface area contributed by atoms with E-state index in [0.29, 0.717) is 39.0 Å². The van der Waals surface area contributed by atoms with E-state index in [2.05, 4.69) is 10.6 Å². The van der Waals surface area contributed by atoms with Gasteiger partial charge in [0.2, 0.25) is 11.8 Å². The quantitative estimate of drug-likeness (QED) is 0.207. The first-order valence-corrected chi connectivity index (χ1v) is 8.99. The smallest absolute Gasteiger partial charge is 0.236 e. The minimum absolute atomic E-state index is 0.127. The van der Waals surface area contributed by atoms with Crippen LogP contribution in [0.2, 0.25) is 0 Å². The molecule has 0 spiro atoms. The summed E-state index contributed by atoms with van der Waals surface area (Å²) in [5.74, 6) is -0.254. The molecule has 0 saturated carbocycles. The summed E-state index contributed by atoms with van der Waals surface area (Å²) >= 11 is 0. The van der Waals surface area contributed by atoms with E-state index in [4.69, 9.17) is 22.9 Å². The molecule has 24 heavy (non-hydrogen) atoms. The van der Waals surface area contributed by atoms with Crippen LogP contribution in [-0.2, 0) is 9.59 Å². The molecule has 8 nitrogen and oxygen atoms in total. The minimum Gasteiger partial charge on any atom is -0.355 e. The highest BCUT2D eigenvalue weighted by Crippen LogP contribution is 1.99. The van der Waals surface area contributed by atoms with Crippen LogP contribution in [0.5, 0.6) is 0 Å². The summed E-state index contributed by atoms with van der Waals surface area (Å²) < 4.78 is 0. The lowest BCUT2D eigenvalue weighted by atomic mass is 10.1. The lowest BCUT2D eigenvalue weighted by Crippen LogP contribution is -2.42. The highest BCUT2D eigenvalue weighted by molar-refractivity contribution is 5.81. The van der Waals surface area contributed by atoms with Crippen LogP contribution in [0, 0.1) is 0 Å². The van der Waals surface area contributed by atoms with Crippen LogP contribution in [-0.4, -0.2) is 50.1 Å². The number of unbranched alkanes of at least 4 members (excludes halogenated alkanes) is 3. The van der Waals surface area contributed by atoms with Crippen LogP contribution in [0.25, 0.3) is 0 Å². The highest BCUT2D eigenvalue weighted by atomic mass is 16.2. The number of amides is 2. The molecule has 2 atom stereocenters. The van der Waals surface area contributed by atoms with E-state index in [-0.39, 0.29) is 11.8 Å². The van der Waals surface area contributed by atoms with Crippen molar-refractivity contribution in [3.05, 3.63) is 0 Å². The minimum atomic E-state index is -0.470. The lowest BCUT2D eigenvalue weighted by molar-refractivity contribution is -0.123. The van der Waals surface area contributed by atoms with Crippen molar-refractivity contribution in [1.82, 2.24) is 10.6 Å². The van der Waals surface area contributed by atoms with E-state index >= 15 is 0 Å². The molecule has 0 aliphatic carbocycles. The molecule has 0 aliphatic heterocycles. The SMILES string of the molecule is NCCCC[C@H](N)C(=O)NCCCCNC(=O)[C@@H](N)CCCCN. The Kier molecular flexibility index (Phi) is 14.5. The molecule has 0 bridgehead atoms. The third-order valence-corrected chi connectivity index (χ3v) is 3.81. The van der Waals surface area contributed by atoms with E-state index in [9.17, 15) is 9.59 Å². The Morgan fingerprint density at radius 2 is 1.04 bits per heavy atom. The van der Waals surface area contributed by atoms with Gasteiger partial charge in [-0.25, -0.2) is 0 Å². The molecule has 10 N–H and O–H groups in total. The van der Waals surface area contributed by atoms with Crippen molar-refractivity contribution in [3.63, 3.8) is 0 Å². The summed E-state index contributed by atoms with van der Waals surface area (Å²) in [7, 11) is 0. The Morgan fingerprint density at radius 3 is 1.38 bits per heavy atom. The van der Waals surface area contributed by atoms with Crippen LogP contribution in [0.1, 0.15) is 51.4 Å². The van der Waals surface area contributed by atoms with E-state index in [1.165, 1.54) is 0 Å². The Labute approximate surface area is 145 Å². The number of nitrogens with two attached hydrogens (primary N) is 4. The topological polar surface area (TPSA) is 162 Å². The fourth-order valence-corrected chi connectivity index (χ4v) is 2.21. The second-order valence-electron chi connectivity index (χ2n) is 6.07. The van der Waals surface area contributed by atoms with Gasteiger partial charge in [-0.3, -0.25) is 9.59 Å². The molecule has 0 fully saturated rings. The maximum Gasteiger partial charge on any atom is 0.236 e. The molecule has 142 valence electrons. The van der Waals surface area contributed by atoms with Gasteiger partial charge in [0.15, 0.2) is 0 Å². The molecule has 0 aromatic carbocycles. The van der Waals surface area contributed by atoms with Gasteiger partial charge in [0.05, 0.1) is 12.1 Å². The van der Waals surface area contributed by atoms with Crippen molar-refractivity contribution >= 4 is 11.8 Å². The summed E-state index contributed by atoms with van der Waals surface area (Å²) in [5.41, 5.74) is 22.4. The molecule has 0 aromatic heterocycles. The molecular formula is C16H36N6O2. The Balaban J connectivity index is 3.58. The van der Waals surface area contributed by atoms with Gasteiger partial charge in [-0.05, 0) is 51.6 Å². The van der Waals surface area contributed by atoms with Crippen molar-refractivity contribution in [2.75, 3.05) is 26.2 Å². The summed E-state index contributed by atoms with van der Waals surface area (Å²) in [6, 6.07) is -0.939. The average Bonchev–Trinajstić information content (AvgIpc) is 2.57. The molecule has 0 heterocycles. The summed E-state index contributed by atoms with van der Waals surface area (Å²) in [4.78, 5) is 23.5. The molecule has 0 aromatic rings. The van der Waals surface area contributed by atoms with Crippen LogP contribution >= 0.6 is 0 Å². The summed E-state index contributed by atoms with van der Waals surface area (Å²) in [6.45, 7) is 2.36. The fraction of sp³-hybridized carbons (Fsp3) is 0.875. The first kappa shape index (κ1) is 22.8. The lowest BCUT2D eigenvalue weighted by Gasteiger charge is -2.13. The van der Waals surface area contributed by atoms with Crippen LogP contribution in [0.15, 0.2) is 0 Å². The van der Waals surface area contributed by atoms with Crippen molar-refractivity contribution in [3.8, 4) is 0 Å². The predicted molar refractivity (Wildman–Crippen MR) is 97.0 cm³/mol. The third-order valence-electron chi connectivity index (χ3n) is 3.81. The molecule has 0 unspecified atom stereocenters. The monoisotopic (exact) mass is 344 g/mol. The third kappa shape index (κ3) is 12.2. The Morgan fingerprint density at radius 1 is 0.667 bits per heavy atom. The second-order valence-corrected chi connectivity index (χ2v) is 6.07. The number of rotatable bonds is 15. The van der Waals surface area contributed by atoms with Gasteiger partial charge < -0.3 is 33.6 Å². The number of nitrogens with one attached hydrogen (secondary N) is 2. The van der Waals surface area contributed by atoms with Gasteiger partial charge in [0.25, 0.3) is 0 Å². The van der Waals surface area contributed by atoms with E-state index in [1.54, 1.807) is 0 Å². The molecule has 0 rings (SSSR count). The van der Waals surface area contributed by atoms with Gasteiger partial charge in [0, 0.05) is 13.1 Å². The van der Waals surface area contributed by atoms with E-state index < -0.39 is 12.1 Å². The number of hydrogen-bond donors (Lipinski definition) is 6. The van der Waals surface area contributed by atoms with Gasteiger partial charge in [-0.15, -0.1) is 0 Å². The average molecular weight is 345 g/mol. The molecule has 0 aliphatic rings. The second kappa shape index (κ2) is 15.3. The maximum atomic E-state index is 11.7. The summed E-state index contributed by atoms with van der Waals surface area (Å²) in [5, 5.41) is 5.62. The fourth-order valence-electron chi connectivity index (χ4n) is 2.21.